The summed E-state index contributed by atoms with van der Waals surface area (Å²) in [5.41, 5.74) is 1.49. The molecule has 6 heteroatoms. The van der Waals surface area contributed by atoms with Crippen LogP contribution in [0.3, 0.4) is 0 Å². The molecule has 0 saturated heterocycles. The number of aromatic nitrogens is 4. The number of aliphatic hydroxyl groups is 1. The summed E-state index contributed by atoms with van der Waals surface area (Å²) in [6, 6.07) is 0.288. The maximum Gasteiger partial charge on any atom is 0.182 e. The second-order valence-corrected chi connectivity index (χ2v) is 4.13. The van der Waals surface area contributed by atoms with E-state index >= 15 is 0 Å². The minimum atomic E-state index is -0.184. The quantitative estimate of drug-likeness (QED) is 0.691. The molecule has 3 rings (SSSR count). The van der Waals surface area contributed by atoms with Gasteiger partial charge >= 0.3 is 0 Å². The van der Waals surface area contributed by atoms with Crippen LogP contribution in [-0.4, -0.2) is 37.2 Å². The van der Waals surface area contributed by atoms with Crippen molar-refractivity contribution in [2.75, 3.05) is 5.32 Å². The highest BCUT2D eigenvalue weighted by Crippen LogP contribution is 2.24. The first kappa shape index (κ1) is 9.53. The van der Waals surface area contributed by atoms with Crippen LogP contribution >= 0.6 is 0 Å². The number of nitrogens with one attached hydrogen (secondary N) is 2. The summed E-state index contributed by atoms with van der Waals surface area (Å²) in [5.74, 6) is 0.765. The van der Waals surface area contributed by atoms with Gasteiger partial charge in [-0.1, -0.05) is 0 Å². The van der Waals surface area contributed by atoms with E-state index in [2.05, 4.69) is 25.3 Å². The van der Waals surface area contributed by atoms with Crippen LogP contribution < -0.4 is 5.32 Å². The van der Waals surface area contributed by atoms with Crippen LogP contribution in [0.4, 0.5) is 5.82 Å². The van der Waals surface area contributed by atoms with Gasteiger partial charge in [0.1, 0.15) is 11.8 Å². The van der Waals surface area contributed by atoms with Crippen LogP contribution in [0.5, 0.6) is 0 Å². The molecule has 1 saturated carbocycles. The van der Waals surface area contributed by atoms with Gasteiger partial charge in [0.15, 0.2) is 11.5 Å². The second kappa shape index (κ2) is 3.71. The van der Waals surface area contributed by atoms with Gasteiger partial charge in [-0.2, -0.15) is 0 Å². The zero-order valence-electron chi connectivity index (χ0n) is 8.72. The van der Waals surface area contributed by atoms with E-state index in [1.165, 1.54) is 6.33 Å². The van der Waals surface area contributed by atoms with Crippen LogP contribution in [-0.2, 0) is 0 Å². The van der Waals surface area contributed by atoms with E-state index in [9.17, 15) is 5.11 Å². The molecule has 0 radical (unpaired) electrons. The maximum absolute atomic E-state index is 9.46. The van der Waals surface area contributed by atoms with Gasteiger partial charge in [-0.15, -0.1) is 0 Å². The van der Waals surface area contributed by atoms with Gasteiger partial charge < -0.3 is 15.4 Å². The van der Waals surface area contributed by atoms with E-state index in [1.807, 2.05) is 0 Å². The highest BCUT2D eigenvalue weighted by Gasteiger charge is 2.23. The molecule has 6 nitrogen and oxygen atoms in total. The summed E-state index contributed by atoms with van der Waals surface area (Å²) in [6.07, 6.45) is 5.52. The van der Waals surface area contributed by atoms with Crippen molar-refractivity contribution in [1.82, 2.24) is 19.9 Å². The second-order valence-electron chi connectivity index (χ2n) is 4.13. The van der Waals surface area contributed by atoms with Crippen molar-refractivity contribution in [2.45, 2.75) is 31.4 Å². The summed E-state index contributed by atoms with van der Waals surface area (Å²) in [6.45, 7) is 0. The lowest BCUT2D eigenvalue weighted by Gasteiger charge is -2.12. The molecular weight excluding hydrogens is 206 g/mol. The molecule has 0 spiro atoms. The SMILES string of the molecule is O[C@H]1CC[C@@H](Nc2ncnc3nc[nH]c23)C1. The normalized spacial score (nSPS) is 25.1. The van der Waals surface area contributed by atoms with Gasteiger partial charge in [-0.3, -0.25) is 0 Å². The number of fused-ring (bicyclic) bond motifs is 1. The molecule has 2 atom stereocenters. The molecular formula is C10H13N5O. The maximum atomic E-state index is 9.46. The number of nitrogens with zero attached hydrogens (tertiary/aromatic N) is 3. The van der Waals surface area contributed by atoms with Gasteiger partial charge in [-0.05, 0) is 19.3 Å². The van der Waals surface area contributed by atoms with Crippen LogP contribution in [0, 0.1) is 0 Å². The fourth-order valence-corrected chi connectivity index (χ4v) is 2.16. The molecule has 16 heavy (non-hydrogen) atoms. The lowest BCUT2D eigenvalue weighted by molar-refractivity contribution is 0.182. The van der Waals surface area contributed by atoms with Crippen molar-refractivity contribution in [3.63, 3.8) is 0 Å². The van der Waals surface area contributed by atoms with Crippen LogP contribution in [0.1, 0.15) is 19.3 Å². The number of aliphatic hydroxyl groups excluding tert-OH is 1. The third kappa shape index (κ3) is 1.61. The molecule has 2 aromatic heterocycles. The number of hydrogen-bond donors (Lipinski definition) is 3. The minimum Gasteiger partial charge on any atom is -0.393 e. The molecule has 2 heterocycles. The summed E-state index contributed by atoms with van der Waals surface area (Å²) in [4.78, 5) is 15.3. The van der Waals surface area contributed by atoms with Crippen LogP contribution in [0.25, 0.3) is 11.2 Å². The van der Waals surface area contributed by atoms with Crippen molar-refractivity contribution in [3.05, 3.63) is 12.7 Å². The third-order valence-electron chi connectivity index (χ3n) is 2.97. The molecule has 0 amide bonds. The fraction of sp³-hybridized carbons (Fsp3) is 0.500. The number of hydrogen-bond acceptors (Lipinski definition) is 5. The Morgan fingerprint density at radius 3 is 3.06 bits per heavy atom. The molecule has 0 unspecified atom stereocenters. The molecule has 1 aliphatic rings. The summed E-state index contributed by atoms with van der Waals surface area (Å²) >= 11 is 0. The van der Waals surface area contributed by atoms with Crippen LogP contribution in [0.15, 0.2) is 12.7 Å². The predicted octanol–water partition coefficient (Wildman–Crippen LogP) is 0.678. The first-order valence-electron chi connectivity index (χ1n) is 5.41. The smallest absolute Gasteiger partial charge is 0.182 e. The molecule has 0 aliphatic heterocycles. The molecule has 0 aromatic carbocycles. The van der Waals surface area contributed by atoms with Crippen molar-refractivity contribution < 1.29 is 5.11 Å². The largest absolute Gasteiger partial charge is 0.393 e. The number of aromatic amines is 1. The molecule has 2 aromatic rings. The topological polar surface area (TPSA) is 86.7 Å². The molecule has 0 bridgehead atoms. The van der Waals surface area contributed by atoms with Crippen molar-refractivity contribution in [3.8, 4) is 0 Å². The molecule has 84 valence electrons. The number of imidazole rings is 1. The van der Waals surface area contributed by atoms with E-state index in [0.717, 1.165) is 30.6 Å². The Labute approximate surface area is 92.1 Å². The Balaban J connectivity index is 1.86. The fourth-order valence-electron chi connectivity index (χ4n) is 2.16. The molecule has 1 fully saturated rings. The van der Waals surface area contributed by atoms with Gasteiger partial charge in [0, 0.05) is 6.04 Å². The van der Waals surface area contributed by atoms with Gasteiger partial charge in [-0.25, -0.2) is 15.0 Å². The molecule has 3 N–H and O–H groups in total. The first-order chi connectivity index (χ1) is 7.83. The van der Waals surface area contributed by atoms with E-state index in [0.29, 0.717) is 5.65 Å². The van der Waals surface area contributed by atoms with Crippen molar-refractivity contribution in [1.29, 1.82) is 0 Å². The monoisotopic (exact) mass is 219 g/mol. The summed E-state index contributed by atoms with van der Waals surface area (Å²) in [5, 5.41) is 12.8. The average Bonchev–Trinajstić information content (AvgIpc) is 2.87. The average molecular weight is 219 g/mol. The minimum absolute atomic E-state index is 0.184. The number of anilines is 1. The first-order valence-corrected chi connectivity index (χ1v) is 5.41. The number of H-pyrrole nitrogens is 1. The van der Waals surface area contributed by atoms with E-state index in [-0.39, 0.29) is 12.1 Å². The lowest BCUT2D eigenvalue weighted by atomic mass is 10.2. The standard InChI is InChI=1S/C10H13N5O/c16-7-2-1-6(3-7)15-10-8-9(12-4-11-8)13-5-14-10/h4-7,16H,1-3H2,(H2,11,12,13,14,15)/t6-,7+/m1/s1. The van der Waals surface area contributed by atoms with Crippen molar-refractivity contribution >= 4 is 17.0 Å². The predicted molar refractivity (Wildman–Crippen MR) is 59.0 cm³/mol. The summed E-state index contributed by atoms with van der Waals surface area (Å²) in [7, 11) is 0. The Bertz CT molecular complexity index is 497. The van der Waals surface area contributed by atoms with Gasteiger partial charge in [0.25, 0.3) is 0 Å². The van der Waals surface area contributed by atoms with Crippen LogP contribution in [0.2, 0.25) is 0 Å². The van der Waals surface area contributed by atoms with E-state index < -0.39 is 0 Å². The highest BCUT2D eigenvalue weighted by atomic mass is 16.3. The van der Waals surface area contributed by atoms with Crippen molar-refractivity contribution in [2.24, 2.45) is 0 Å². The summed E-state index contributed by atoms with van der Waals surface area (Å²) < 4.78 is 0. The highest BCUT2D eigenvalue weighted by molar-refractivity contribution is 5.82. The Hall–Kier alpha value is -1.69. The van der Waals surface area contributed by atoms with E-state index in [1.54, 1.807) is 6.33 Å². The molecule has 1 aliphatic carbocycles. The van der Waals surface area contributed by atoms with Gasteiger partial charge in [0.05, 0.1) is 12.4 Å². The number of rotatable bonds is 2. The van der Waals surface area contributed by atoms with Gasteiger partial charge in [0.2, 0.25) is 0 Å². The lowest BCUT2D eigenvalue weighted by Crippen LogP contribution is -2.17. The Kier molecular flexibility index (Phi) is 2.21. The zero-order chi connectivity index (χ0) is 11.0. The van der Waals surface area contributed by atoms with E-state index in [4.69, 9.17) is 0 Å². The Morgan fingerprint density at radius 2 is 2.25 bits per heavy atom. The third-order valence-corrected chi connectivity index (χ3v) is 2.97. The Morgan fingerprint density at radius 1 is 1.31 bits per heavy atom. The zero-order valence-corrected chi connectivity index (χ0v) is 8.72.